The first kappa shape index (κ1) is 16.8. The topological polar surface area (TPSA) is 86.4 Å². The van der Waals surface area contributed by atoms with Gasteiger partial charge < -0.3 is 14.5 Å². The van der Waals surface area contributed by atoms with E-state index in [1.807, 2.05) is 19.9 Å². The van der Waals surface area contributed by atoms with Gasteiger partial charge in [-0.05, 0) is 37.6 Å². The molecule has 130 valence electrons. The molecule has 3 rings (SSSR count). The van der Waals surface area contributed by atoms with Crippen molar-refractivity contribution in [3.63, 3.8) is 0 Å². The molecule has 0 unspecified atom stereocenters. The maximum absolute atomic E-state index is 12.3. The molecule has 1 amide bonds. The van der Waals surface area contributed by atoms with Crippen molar-refractivity contribution in [1.82, 2.24) is 14.9 Å². The maximum atomic E-state index is 12.3. The maximum Gasteiger partial charge on any atom is 0.420 e. The van der Waals surface area contributed by atoms with Gasteiger partial charge in [0, 0.05) is 17.8 Å². The van der Waals surface area contributed by atoms with Gasteiger partial charge in [0.1, 0.15) is 6.54 Å². The first-order chi connectivity index (χ1) is 12.0. The number of aryl methyl sites for hydroxylation is 2. The van der Waals surface area contributed by atoms with Crippen LogP contribution in [0.2, 0.25) is 0 Å². The number of nitrogens with zero attached hydrogens (tertiary/aromatic N) is 2. The molecule has 2 heterocycles. The Hall–Kier alpha value is -3.09. The van der Waals surface area contributed by atoms with Gasteiger partial charge in [0.2, 0.25) is 11.8 Å². The predicted octanol–water partition coefficient (Wildman–Crippen LogP) is 1.93. The minimum atomic E-state index is -0.554. The van der Waals surface area contributed by atoms with Gasteiger partial charge in [-0.2, -0.15) is 0 Å². The zero-order chi connectivity index (χ0) is 18.0. The molecular weight excluding hydrogens is 322 g/mol. The summed E-state index contributed by atoms with van der Waals surface area (Å²) in [6.45, 7) is 3.98. The highest BCUT2D eigenvalue weighted by atomic mass is 16.5. The fraction of sp³-hybridized carbons (Fsp3) is 0.278. The van der Waals surface area contributed by atoms with Crippen LogP contribution >= 0.6 is 0 Å². The number of hydrogen-bond acceptors (Lipinski definition) is 5. The molecule has 2 aromatic heterocycles. The van der Waals surface area contributed by atoms with Crippen LogP contribution < -0.4 is 15.8 Å². The summed E-state index contributed by atoms with van der Waals surface area (Å²) in [6.07, 6.45) is 0. The Morgan fingerprint density at radius 3 is 2.84 bits per heavy atom. The van der Waals surface area contributed by atoms with E-state index in [1.165, 1.54) is 4.57 Å². The zero-order valence-electron chi connectivity index (χ0n) is 14.3. The average molecular weight is 341 g/mol. The second-order valence-electron chi connectivity index (χ2n) is 5.77. The fourth-order valence-electron chi connectivity index (χ4n) is 2.76. The van der Waals surface area contributed by atoms with Crippen molar-refractivity contribution >= 4 is 17.0 Å². The van der Waals surface area contributed by atoms with E-state index in [2.05, 4.69) is 10.3 Å². The number of hydrogen-bond donors (Lipinski definition) is 1. The monoisotopic (exact) mass is 341 g/mol. The summed E-state index contributed by atoms with van der Waals surface area (Å²) >= 11 is 0. The molecule has 7 heteroatoms. The van der Waals surface area contributed by atoms with Crippen LogP contribution in [0.3, 0.4) is 0 Å². The fourth-order valence-corrected chi connectivity index (χ4v) is 2.76. The molecule has 25 heavy (non-hydrogen) atoms. The van der Waals surface area contributed by atoms with Crippen molar-refractivity contribution in [3.8, 4) is 5.88 Å². The van der Waals surface area contributed by atoms with E-state index in [1.54, 1.807) is 31.4 Å². The Kier molecular flexibility index (Phi) is 4.56. The number of ether oxygens (including phenoxy) is 1. The number of aromatic nitrogens is 2. The largest absolute Gasteiger partial charge is 0.481 e. The van der Waals surface area contributed by atoms with Crippen LogP contribution in [0.25, 0.3) is 11.1 Å². The van der Waals surface area contributed by atoms with Crippen LogP contribution in [-0.2, 0) is 17.9 Å². The van der Waals surface area contributed by atoms with Crippen molar-refractivity contribution in [2.24, 2.45) is 0 Å². The third-order valence-electron chi connectivity index (χ3n) is 3.97. The molecule has 1 aromatic carbocycles. The predicted molar refractivity (Wildman–Crippen MR) is 92.6 cm³/mol. The number of carbonyl (C=O) groups is 1. The molecule has 0 saturated carbocycles. The van der Waals surface area contributed by atoms with Crippen LogP contribution in [0.5, 0.6) is 5.88 Å². The lowest BCUT2D eigenvalue weighted by atomic mass is 10.1. The van der Waals surface area contributed by atoms with Crippen molar-refractivity contribution in [2.45, 2.75) is 26.9 Å². The number of rotatable bonds is 5. The summed E-state index contributed by atoms with van der Waals surface area (Å²) in [4.78, 5) is 28.5. The number of carbonyl (C=O) groups excluding carboxylic acids is 1. The smallest absolute Gasteiger partial charge is 0.420 e. The van der Waals surface area contributed by atoms with E-state index in [4.69, 9.17) is 9.15 Å². The van der Waals surface area contributed by atoms with Gasteiger partial charge in [0.25, 0.3) is 0 Å². The summed E-state index contributed by atoms with van der Waals surface area (Å²) in [5.74, 6) is -0.360. The number of pyridine rings is 1. The van der Waals surface area contributed by atoms with Crippen LogP contribution in [0.1, 0.15) is 16.8 Å². The highest BCUT2D eigenvalue weighted by molar-refractivity contribution is 5.79. The first-order valence-corrected chi connectivity index (χ1v) is 7.85. The zero-order valence-corrected chi connectivity index (χ0v) is 14.3. The lowest BCUT2D eigenvalue weighted by Crippen LogP contribution is -2.30. The Morgan fingerprint density at radius 2 is 2.08 bits per heavy atom. The number of para-hydroxylation sites is 2. The molecule has 0 bridgehead atoms. The van der Waals surface area contributed by atoms with E-state index in [0.717, 1.165) is 16.8 Å². The molecule has 1 N–H and O–H groups in total. The van der Waals surface area contributed by atoms with Gasteiger partial charge >= 0.3 is 5.76 Å². The molecule has 0 radical (unpaired) electrons. The number of amides is 1. The molecule has 3 aromatic rings. The molecule has 0 spiro atoms. The van der Waals surface area contributed by atoms with Crippen LogP contribution in [-0.4, -0.2) is 22.6 Å². The Labute approximate surface area is 144 Å². The van der Waals surface area contributed by atoms with Gasteiger partial charge in [0.15, 0.2) is 5.58 Å². The van der Waals surface area contributed by atoms with Crippen molar-refractivity contribution in [3.05, 3.63) is 57.7 Å². The third-order valence-corrected chi connectivity index (χ3v) is 3.97. The van der Waals surface area contributed by atoms with Gasteiger partial charge in [-0.3, -0.25) is 9.36 Å². The van der Waals surface area contributed by atoms with Crippen LogP contribution in [0.4, 0.5) is 0 Å². The lowest BCUT2D eigenvalue weighted by molar-refractivity contribution is -0.121. The Balaban J connectivity index is 1.76. The minimum absolute atomic E-state index is 0.115. The molecule has 0 saturated heterocycles. The van der Waals surface area contributed by atoms with Gasteiger partial charge in [0.05, 0.1) is 12.6 Å². The Bertz CT molecular complexity index is 988. The quantitative estimate of drug-likeness (QED) is 0.766. The van der Waals surface area contributed by atoms with Crippen molar-refractivity contribution in [1.29, 1.82) is 0 Å². The van der Waals surface area contributed by atoms with Crippen LogP contribution in [0.15, 0.2) is 39.5 Å². The normalized spacial score (nSPS) is 10.8. The Morgan fingerprint density at radius 1 is 1.32 bits per heavy atom. The van der Waals surface area contributed by atoms with Gasteiger partial charge in [-0.1, -0.05) is 12.1 Å². The number of oxazole rings is 1. The molecule has 0 aliphatic heterocycles. The van der Waals surface area contributed by atoms with E-state index < -0.39 is 5.76 Å². The minimum Gasteiger partial charge on any atom is -0.481 e. The van der Waals surface area contributed by atoms with E-state index in [-0.39, 0.29) is 19.0 Å². The molecule has 0 aliphatic carbocycles. The van der Waals surface area contributed by atoms with Crippen molar-refractivity contribution in [2.75, 3.05) is 7.11 Å². The number of nitrogens with one attached hydrogen (secondary N) is 1. The molecule has 7 nitrogen and oxygen atoms in total. The van der Waals surface area contributed by atoms with Crippen molar-refractivity contribution < 1.29 is 13.9 Å². The van der Waals surface area contributed by atoms with E-state index in [0.29, 0.717) is 17.0 Å². The summed E-state index contributed by atoms with van der Waals surface area (Å²) in [7, 11) is 1.55. The third kappa shape index (κ3) is 3.40. The lowest BCUT2D eigenvalue weighted by Gasteiger charge is -2.13. The van der Waals surface area contributed by atoms with Gasteiger partial charge in [-0.15, -0.1) is 0 Å². The SMILES string of the molecule is COc1nc(C)cc(C)c1CNC(=O)Cn1c(=O)oc2ccccc21. The number of fused-ring (bicyclic) bond motifs is 1. The number of methoxy groups -OCH3 is 1. The molecule has 0 atom stereocenters. The second kappa shape index (κ2) is 6.80. The van der Waals surface area contributed by atoms with Gasteiger partial charge in [-0.25, -0.2) is 9.78 Å². The van der Waals surface area contributed by atoms with E-state index in [9.17, 15) is 9.59 Å². The van der Waals surface area contributed by atoms with Crippen LogP contribution in [0, 0.1) is 13.8 Å². The highest BCUT2D eigenvalue weighted by Crippen LogP contribution is 2.20. The van der Waals surface area contributed by atoms with E-state index >= 15 is 0 Å². The summed E-state index contributed by atoms with van der Waals surface area (Å²) in [5.41, 5.74) is 3.69. The molecule has 0 aliphatic rings. The average Bonchev–Trinajstić information content (AvgIpc) is 2.89. The summed E-state index contributed by atoms with van der Waals surface area (Å²) in [6, 6.07) is 8.92. The highest BCUT2D eigenvalue weighted by Gasteiger charge is 2.14. The standard InChI is InChI=1S/C18H19N3O4/c1-11-8-12(2)20-17(24-3)13(11)9-19-16(22)10-21-14-6-4-5-7-15(14)25-18(21)23/h4-8H,9-10H2,1-3H3,(H,19,22). The molecule has 0 fully saturated rings. The number of benzene rings is 1. The summed E-state index contributed by atoms with van der Waals surface area (Å²) in [5, 5.41) is 2.80. The second-order valence-corrected chi connectivity index (χ2v) is 5.77. The molecular formula is C18H19N3O4. The summed E-state index contributed by atoms with van der Waals surface area (Å²) < 4.78 is 11.7. The first-order valence-electron chi connectivity index (χ1n) is 7.85.